The van der Waals surface area contributed by atoms with Crippen LogP contribution in [-0.4, -0.2) is 25.1 Å². The molecule has 0 radical (unpaired) electrons. The van der Waals surface area contributed by atoms with Gasteiger partial charge in [-0.3, -0.25) is 10.1 Å². The van der Waals surface area contributed by atoms with Crippen molar-refractivity contribution in [2.75, 3.05) is 11.1 Å². The Labute approximate surface area is 117 Å². The van der Waals surface area contributed by atoms with Gasteiger partial charge >= 0.3 is 6.18 Å². The number of nitro benzene ring substituents is 1. The van der Waals surface area contributed by atoms with E-state index in [-0.39, 0.29) is 11.4 Å². The monoisotopic (exact) mass is 322 g/mol. The molecule has 0 spiro atoms. The normalized spacial score (nSPS) is 20.4. The van der Waals surface area contributed by atoms with Crippen LogP contribution in [-0.2, 0) is 16.0 Å². The largest absolute Gasteiger partial charge is 0.423 e. The molecule has 114 valence electrons. The number of nitrogens with one attached hydrogen (secondary N) is 1. The summed E-state index contributed by atoms with van der Waals surface area (Å²) in [6.07, 6.45) is -3.57. The van der Waals surface area contributed by atoms with E-state index in [2.05, 4.69) is 5.32 Å². The van der Waals surface area contributed by atoms with E-state index in [4.69, 9.17) is 0 Å². The molecule has 21 heavy (non-hydrogen) atoms. The minimum absolute atomic E-state index is 0.0420. The number of rotatable bonds is 3. The Morgan fingerprint density at radius 3 is 2.48 bits per heavy atom. The lowest BCUT2D eigenvalue weighted by Crippen LogP contribution is -2.21. The molecule has 1 N–H and O–H groups in total. The summed E-state index contributed by atoms with van der Waals surface area (Å²) >= 11 is 0. The van der Waals surface area contributed by atoms with Crippen LogP contribution >= 0.6 is 0 Å². The number of nitrogens with zero attached hydrogens (tertiary/aromatic N) is 1. The van der Waals surface area contributed by atoms with E-state index in [9.17, 15) is 31.7 Å². The van der Waals surface area contributed by atoms with Crippen molar-refractivity contribution >= 4 is 21.2 Å². The van der Waals surface area contributed by atoms with Crippen LogP contribution in [0.25, 0.3) is 0 Å². The molecule has 10 heteroatoms. The summed E-state index contributed by atoms with van der Waals surface area (Å²) in [6.45, 7) is 0. The van der Waals surface area contributed by atoms with Crippen molar-refractivity contribution in [2.24, 2.45) is 0 Å². The molecule has 1 aromatic rings. The molecule has 0 aromatic heterocycles. The average molecular weight is 322 g/mol. The van der Waals surface area contributed by atoms with Gasteiger partial charge in [-0.05, 0) is 12.1 Å². The molecule has 1 aromatic carbocycles. The summed E-state index contributed by atoms with van der Waals surface area (Å²) in [7, 11) is -3.35. The molecule has 1 unspecified atom stereocenters. The maximum absolute atomic E-state index is 12.8. The highest BCUT2D eigenvalue weighted by Crippen LogP contribution is 2.37. The van der Waals surface area contributed by atoms with Crippen LogP contribution in [0.1, 0.15) is 5.56 Å². The summed E-state index contributed by atoms with van der Waals surface area (Å²) in [5.74, 6) is -0.272. The third kappa shape index (κ3) is 3.51. The second-order valence-electron chi connectivity index (χ2n) is 4.40. The van der Waals surface area contributed by atoms with Gasteiger partial charge < -0.3 is 5.32 Å². The highest BCUT2D eigenvalue weighted by Gasteiger charge is 2.38. The first-order chi connectivity index (χ1) is 9.58. The molecule has 1 aliphatic heterocycles. The van der Waals surface area contributed by atoms with Crippen LogP contribution < -0.4 is 5.32 Å². The number of halogens is 3. The molecule has 2 rings (SSSR count). The molecular formula is C11H9F3N2O4S. The predicted octanol–water partition coefficient (Wildman–Crippen LogP) is 2.34. The lowest BCUT2D eigenvalue weighted by molar-refractivity contribution is -0.388. The van der Waals surface area contributed by atoms with Crippen molar-refractivity contribution in [3.8, 4) is 0 Å². The third-order valence-corrected chi connectivity index (χ3v) is 4.18. The zero-order chi connectivity index (χ0) is 15.8. The first-order valence-electron chi connectivity index (χ1n) is 5.62. The average Bonchev–Trinajstić information content (AvgIpc) is 2.67. The quantitative estimate of drug-likeness (QED) is 0.681. The van der Waals surface area contributed by atoms with E-state index in [1.807, 2.05) is 0 Å². The fraction of sp³-hybridized carbons (Fsp3) is 0.273. The molecule has 0 amide bonds. The van der Waals surface area contributed by atoms with Gasteiger partial charge in [-0.15, -0.1) is 0 Å². The van der Waals surface area contributed by atoms with E-state index >= 15 is 0 Å². The van der Waals surface area contributed by atoms with Crippen LogP contribution in [0.4, 0.5) is 24.5 Å². The zero-order valence-electron chi connectivity index (χ0n) is 10.3. The van der Waals surface area contributed by atoms with E-state index in [0.29, 0.717) is 6.07 Å². The van der Waals surface area contributed by atoms with Gasteiger partial charge in [-0.25, -0.2) is 8.42 Å². The molecule has 1 aliphatic rings. The standard InChI is InChI=1S/C11H9F3N2O4S/c12-11(13,14)9-5-7(1-2-10(9)16(17)18)15-8-3-4-21(19,20)6-8/h1-5,8,15H,6H2. The van der Waals surface area contributed by atoms with Gasteiger partial charge in [-0.1, -0.05) is 6.08 Å². The fourth-order valence-corrected chi connectivity index (χ4v) is 3.13. The van der Waals surface area contributed by atoms with Gasteiger partial charge in [0.15, 0.2) is 9.84 Å². The lowest BCUT2D eigenvalue weighted by atomic mass is 10.1. The summed E-state index contributed by atoms with van der Waals surface area (Å²) in [5.41, 5.74) is -2.48. The SMILES string of the molecule is O=[N+]([O-])c1ccc(NC2C=CS(=O)(=O)C2)cc1C(F)(F)F. The maximum Gasteiger partial charge on any atom is 0.423 e. The first kappa shape index (κ1) is 15.3. The van der Waals surface area contributed by atoms with E-state index in [0.717, 1.165) is 17.5 Å². The summed E-state index contributed by atoms with van der Waals surface area (Å²) < 4.78 is 60.8. The maximum atomic E-state index is 12.8. The lowest BCUT2D eigenvalue weighted by Gasteiger charge is -2.14. The van der Waals surface area contributed by atoms with Gasteiger partial charge in [0.1, 0.15) is 5.56 Å². The Bertz CT molecular complexity index is 713. The minimum Gasteiger partial charge on any atom is -0.378 e. The van der Waals surface area contributed by atoms with Crippen LogP contribution in [0.3, 0.4) is 0 Å². The van der Waals surface area contributed by atoms with Crippen molar-refractivity contribution in [2.45, 2.75) is 12.2 Å². The van der Waals surface area contributed by atoms with Crippen molar-refractivity contribution in [1.29, 1.82) is 0 Å². The van der Waals surface area contributed by atoms with Gasteiger partial charge in [0.05, 0.1) is 16.7 Å². The Morgan fingerprint density at radius 1 is 1.33 bits per heavy atom. The number of nitro groups is 1. The Kier molecular flexibility index (Phi) is 3.66. The van der Waals surface area contributed by atoms with Crippen LogP contribution in [0, 0.1) is 10.1 Å². The van der Waals surface area contributed by atoms with Crippen molar-refractivity contribution in [3.63, 3.8) is 0 Å². The molecule has 0 fully saturated rings. The summed E-state index contributed by atoms with van der Waals surface area (Å²) in [5, 5.41) is 14.2. The van der Waals surface area contributed by atoms with Crippen molar-refractivity contribution < 1.29 is 26.5 Å². The number of hydrogen-bond acceptors (Lipinski definition) is 5. The Hall–Kier alpha value is -2.10. The molecule has 0 saturated carbocycles. The second kappa shape index (κ2) is 5.02. The summed E-state index contributed by atoms with van der Waals surface area (Å²) in [6, 6.07) is 1.76. The number of hydrogen-bond donors (Lipinski definition) is 1. The Balaban J connectivity index is 2.31. The molecule has 1 heterocycles. The molecule has 0 saturated heterocycles. The Morgan fingerprint density at radius 2 is 2.00 bits per heavy atom. The van der Waals surface area contributed by atoms with Gasteiger partial charge in [-0.2, -0.15) is 13.2 Å². The molecule has 6 nitrogen and oxygen atoms in total. The first-order valence-corrected chi connectivity index (χ1v) is 7.33. The third-order valence-electron chi connectivity index (χ3n) is 2.78. The van der Waals surface area contributed by atoms with Crippen LogP contribution in [0.5, 0.6) is 0 Å². The number of benzene rings is 1. The van der Waals surface area contributed by atoms with E-state index in [1.54, 1.807) is 0 Å². The summed E-state index contributed by atoms with van der Waals surface area (Å²) in [4.78, 5) is 9.49. The van der Waals surface area contributed by atoms with Gasteiger partial charge in [0.2, 0.25) is 0 Å². The van der Waals surface area contributed by atoms with Crippen molar-refractivity contribution in [3.05, 3.63) is 45.4 Å². The zero-order valence-corrected chi connectivity index (χ0v) is 11.1. The minimum atomic E-state index is -4.88. The van der Waals surface area contributed by atoms with E-state index < -0.39 is 38.2 Å². The predicted molar refractivity (Wildman–Crippen MR) is 68.4 cm³/mol. The smallest absolute Gasteiger partial charge is 0.378 e. The van der Waals surface area contributed by atoms with Crippen LogP contribution in [0.2, 0.25) is 0 Å². The van der Waals surface area contributed by atoms with Crippen LogP contribution in [0.15, 0.2) is 29.7 Å². The molecule has 1 atom stereocenters. The molecule has 0 aliphatic carbocycles. The van der Waals surface area contributed by atoms with E-state index in [1.165, 1.54) is 6.08 Å². The molecular weight excluding hydrogens is 313 g/mol. The second-order valence-corrected chi connectivity index (χ2v) is 6.33. The van der Waals surface area contributed by atoms with Gasteiger partial charge in [0, 0.05) is 17.2 Å². The van der Waals surface area contributed by atoms with Gasteiger partial charge in [0.25, 0.3) is 5.69 Å². The highest BCUT2D eigenvalue weighted by molar-refractivity contribution is 7.94. The highest BCUT2D eigenvalue weighted by atomic mass is 32.2. The number of alkyl halides is 3. The topological polar surface area (TPSA) is 89.3 Å². The van der Waals surface area contributed by atoms with Crippen molar-refractivity contribution in [1.82, 2.24) is 0 Å². The number of anilines is 1. The number of sulfone groups is 1. The molecule has 0 bridgehead atoms. The fourth-order valence-electron chi connectivity index (χ4n) is 1.89.